The molecule has 0 saturated carbocycles. The summed E-state index contributed by atoms with van der Waals surface area (Å²) in [6, 6.07) is 12.4. The molecule has 2 rings (SSSR count). The molecule has 1 aromatic heterocycles. The van der Waals surface area contributed by atoms with Gasteiger partial charge in [-0.25, -0.2) is 4.98 Å². The molecule has 0 fully saturated rings. The summed E-state index contributed by atoms with van der Waals surface area (Å²) in [6.45, 7) is -0.166. The molecule has 0 aliphatic heterocycles. The minimum Gasteiger partial charge on any atom is -0.394 e. The van der Waals surface area contributed by atoms with Gasteiger partial charge in [-0.05, 0) is 33.6 Å². The van der Waals surface area contributed by atoms with E-state index in [1.54, 1.807) is 18.3 Å². The Morgan fingerprint density at radius 2 is 2.00 bits per heavy atom. The summed E-state index contributed by atoms with van der Waals surface area (Å²) in [6.07, 6.45) is 1.55. The van der Waals surface area contributed by atoms with Gasteiger partial charge in [-0.15, -0.1) is 0 Å². The summed E-state index contributed by atoms with van der Waals surface area (Å²) >= 11 is 3.28. The first-order chi connectivity index (χ1) is 9.22. The Morgan fingerprint density at radius 1 is 1.26 bits per heavy atom. The van der Waals surface area contributed by atoms with Crippen LogP contribution in [0.1, 0.15) is 22.1 Å². The molecule has 2 N–H and O–H groups in total. The zero-order valence-corrected chi connectivity index (χ0v) is 11.7. The number of pyridine rings is 1. The van der Waals surface area contributed by atoms with Crippen molar-refractivity contribution in [2.75, 3.05) is 6.61 Å². The third kappa shape index (κ3) is 3.39. The standard InChI is InChI=1S/C14H13BrN2O2/c15-11-7-4-8-16-13(11)14(19)17-12(9-18)10-5-2-1-3-6-10/h1-8,12,18H,9H2,(H,17,19)/t12-/m0/s1. The number of nitrogens with zero attached hydrogens (tertiary/aromatic N) is 1. The highest BCUT2D eigenvalue weighted by molar-refractivity contribution is 9.10. The lowest BCUT2D eigenvalue weighted by atomic mass is 10.1. The van der Waals surface area contributed by atoms with Crippen LogP contribution in [0.5, 0.6) is 0 Å². The molecule has 0 radical (unpaired) electrons. The second kappa shape index (κ2) is 6.45. The quantitative estimate of drug-likeness (QED) is 0.908. The van der Waals surface area contributed by atoms with Gasteiger partial charge >= 0.3 is 0 Å². The molecule has 1 heterocycles. The van der Waals surface area contributed by atoms with Gasteiger partial charge in [-0.1, -0.05) is 30.3 Å². The van der Waals surface area contributed by atoms with Crippen LogP contribution in [-0.2, 0) is 0 Å². The van der Waals surface area contributed by atoms with Crippen LogP contribution < -0.4 is 5.32 Å². The lowest BCUT2D eigenvalue weighted by Crippen LogP contribution is -2.31. The molecule has 4 nitrogen and oxygen atoms in total. The highest BCUT2D eigenvalue weighted by Gasteiger charge is 2.17. The normalized spacial score (nSPS) is 11.9. The first-order valence-corrected chi connectivity index (χ1v) is 6.59. The van der Waals surface area contributed by atoms with Crippen molar-refractivity contribution >= 4 is 21.8 Å². The van der Waals surface area contributed by atoms with Crippen molar-refractivity contribution < 1.29 is 9.90 Å². The number of hydrogen-bond acceptors (Lipinski definition) is 3. The van der Waals surface area contributed by atoms with Gasteiger partial charge < -0.3 is 10.4 Å². The van der Waals surface area contributed by atoms with Gasteiger partial charge in [0.1, 0.15) is 5.69 Å². The molecule has 0 bridgehead atoms. The summed E-state index contributed by atoms with van der Waals surface area (Å²) in [5.41, 5.74) is 1.15. The summed E-state index contributed by atoms with van der Waals surface area (Å²) in [5.74, 6) is -0.324. The number of hydrogen-bond donors (Lipinski definition) is 2. The molecule has 5 heteroatoms. The predicted molar refractivity (Wildman–Crippen MR) is 75.7 cm³/mol. The van der Waals surface area contributed by atoms with E-state index in [9.17, 15) is 9.90 Å². The van der Waals surface area contributed by atoms with Crippen LogP contribution in [0, 0.1) is 0 Å². The van der Waals surface area contributed by atoms with Crippen molar-refractivity contribution in [3.05, 3.63) is 64.4 Å². The molecule has 1 aromatic carbocycles. The van der Waals surface area contributed by atoms with Crippen LogP contribution in [0.3, 0.4) is 0 Å². The van der Waals surface area contributed by atoms with Crippen LogP contribution in [0.25, 0.3) is 0 Å². The average molecular weight is 321 g/mol. The van der Waals surface area contributed by atoms with E-state index >= 15 is 0 Å². The third-order valence-electron chi connectivity index (χ3n) is 2.66. The van der Waals surface area contributed by atoms with E-state index in [4.69, 9.17) is 0 Å². The van der Waals surface area contributed by atoms with Gasteiger partial charge in [0.2, 0.25) is 0 Å². The highest BCUT2D eigenvalue weighted by Crippen LogP contribution is 2.16. The van der Waals surface area contributed by atoms with Crippen LogP contribution in [-0.4, -0.2) is 22.6 Å². The fourth-order valence-electron chi connectivity index (χ4n) is 1.70. The number of carbonyl (C=O) groups excluding carboxylic acids is 1. The molecule has 2 aromatic rings. The van der Waals surface area contributed by atoms with Crippen molar-refractivity contribution in [3.63, 3.8) is 0 Å². The van der Waals surface area contributed by atoms with Crippen LogP contribution >= 0.6 is 15.9 Å². The lowest BCUT2D eigenvalue weighted by molar-refractivity contribution is 0.0910. The number of rotatable bonds is 4. The van der Waals surface area contributed by atoms with Gasteiger partial charge in [0.15, 0.2) is 0 Å². The Kier molecular flexibility index (Phi) is 4.65. The topological polar surface area (TPSA) is 62.2 Å². The summed E-state index contributed by atoms with van der Waals surface area (Å²) in [7, 11) is 0. The number of carbonyl (C=O) groups is 1. The number of benzene rings is 1. The van der Waals surface area contributed by atoms with E-state index in [1.165, 1.54) is 0 Å². The molecule has 19 heavy (non-hydrogen) atoms. The van der Waals surface area contributed by atoms with Crippen LogP contribution in [0.4, 0.5) is 0 Å². The molecule has 0 aliphatic rings. The van der Waals surface area contributed by atoms with E-state index in [2.05, 4.69) is 26.2 Å². The Balaban J connectivity index is 2.16. The Labute approximate surface area is 119 Å². The lowest BCUT2D eigenvalue weighted by Gasteiger charge is -2.16. The van der Waals surface area contributed by atoms with Crippen molar-refractivity contribution in [2.24, 2.45) is 0 Å². The van der Waals surface area contributed by atoms with Gasteiger partial charge in [0.05, 0.1) is 12.6 Å². The fraction of sp³-hybridized carbons (Fsp3) is 0.143. The second-order valence-electron chi connectivity index (χ2n) is 3.95. The van der Waals surface area contributed by atoms with Crippen LogP contribution in [0.15, 0.2) is 53.1 Å². The maximum Gasteiger partial charge on any atom is 0.271 e. The maximum absolute atomic E-state index is 12.1. The number of aromatic nitrogens is 1. The molecule has 98 valence electrons. The van der Waals surface area contributed by atoms with Crippen molar-refractivity contribution in [1.82, 2.24) is 10.3 Å². The molecule has 1 amide bonds. The maximum atomic E-state index is 12.1. The molecule has 0 saturated heterocycles. The number of aliphatic hydroxyl groups is 1. The van der Waals surface area contributed by atoms with Crippen molar-refractivity contribution in [1.29, 1.82) is 0 Å². The van der Waals surface area contributed by atoms with Crippen molar-refractivity contribution in [3.8, 4) is 0 Å². The molecular weight excluding hydrogens is 308 g/mol. The smallest absolute Gasteiger partial charge is 0.271 e. The van der Waals surface area contributed by atoms with E-state index in [0.717, 1.165) is 5.56 Å². The van der Waals surface area contributed by atoms with E-state index in [-0.39, 0.29) is 12.5 Å². The monoisotopic (exact) mass is 320 g/mol. The SMILES string of the molecule is O=C(N[C@@H](CO)c1ccccc1)c1ncccc1Br. The minimum atomic E-state index is -0.442. The largest absolute Gasteiger partial charge is 0.394 e. The number of aliphatic hydroxyl groups excluding tert-OH is 1. The van der Waals surface area contributed by atoms with E-state index in [0.29, 0.717) is 10.2 Å². The summed E-state index contributed by atoms with van der Waals surface area (Å²) < 4.78 is 0.622. The highest BCUT2D eigenvalue weighted by atomic mass is 79.9. The zero-order chi connectivity index (χ0) is 13.7. The first kappa shape index (κ1) is 13.7. The Bertz CT molecular complexity index is 560. The average Bonchev–Trinajstić information content (AvgIpc) is 2.46. The Hall–Kier alpha value is -1.72. The van der Waals surface area contributed by atoms with Gasteiger partial charge in [0, 0.05) is 10.7 Å². The molecule has 1 atom stereocenters. The second-order valence-corrected chi connectivity index (χ2v) is 4.81. The molecule has 0 aliphatic carbocycles. The van der Waals surface area contributed by atoms with Gasteiger partial charge in [-0.3, -0.25) is 4.79 Å². The number of amides is 1. The minimum absolute atomic E-state index is 0.166. The van der Waals surface area contributed by atoms with Crippen LogP contribution in [0.2, 0.25) is 0 Å². The number of nitrogens with one attached hydrogen (secondary N) is 1. The molecule has 0 spiro atoms. The predicted octanol–water partition coefficient (Wildman–Crippen LogP) is 2.31. The Morgan fingerprint density at radius 3 is 2.63 bits per heavy atom. The summed E-state index contributed by atoms with van der Waals surface area (Å²) in [5, 5.41) is 12.2. The third-order valence-corrected chi connectivity index (χ3v) is 3.30. The van der Waals surface area contributed by atoms with E-state index in [1.807, 2.05) is 30.3 Å². The molecular formula is C14H13BrN2O2. The number of halogens is 1. The first-order valence-electron chi connectivity index (χ1n) is 5.79. The molecule has 0 unspecified atom stereocenters. The summed E-state index contributed by atoms with van der Waals surface area (Å²) in [4.78, 5) is 16.1. The van der Waals surface area contributed by atoms with Crippen molar-refractivity contribution in [2.45, 2.75) is 6.04 Å². The zero-order valence-electron chi connectivity index (χ0n) is 10.1. The fourth-order valence-corrected chi connectivity index (χ4v) is 2.13. The van der Waals surface area contributed by atoms with Gasteiger partial charge in [-0.2, -0.15) is 0 Å². The van der Waals surface area contributed by atoms with E-state index < -0.39 is 6.04 Å². The van der Waals surface area contributed by atoms with Gasteiger partial charge in [0.25, 0.3) is 5.91 Å².